The molecule has 1 aromatic heterocycles. The molecule has 1 aromatic carbocycles. The number of thiophene rings is 1. The van der Waals surface area contributed by atoms with Gasteiger partial charge in [-0.3, -0.25) is 4.79 Å². The van der Waals surface area contributed by atoms with Crippen LogP contribution in [0.3, 0.4) is 0 Å². The van der Waals surface area contributed by atoms with Gasteiger partial charge >= 0.3 is 0 Å². The molecule has 0 unspecified atom stereocenters. The molecule has 8 heteroatoms. The van der Waals surface area contributed by atoms with Crippen molar-refractivity contribution in [3.63, 3.8) is 0 Å². The van der Waals surface area contributed by atoms with Crippen LogP contribution in [-0.2, 0) is 14.8 Å². The van der Waals surface area contributed by atoms with E-state index < -0.39 is 10.0 Å². The second-order valence-corrected chi connectivity index (χ2v) is 9.69. The first-order valence-electron chi connectivity index (χ1n) is 8.39. The number of sulfonamides is 1. The summed E-state index contributed by atoms with van der Waals surface area (Å²) >= 11 is 1.42. The predicted octanol–water partition coefficient (Wildman–Crippen LogP) is 3.11. The Labute approximate surface area is 157 Å². The average molecular weight is 395 g/mol. The standard InChI is InChI=1S/C18H22N2O4S2/c1-12-10-20(11-13(2)24-12)26(22,23)16-7-5-15(6-8-16)19-18(21)17-9-4-14(3)25-17/h4-9,12-13H,10-11H2,1-3H3,(H,19,21)/t12-,13-/m1/s1. The number of hydrogen-bond acceptors (Lipinski definition) is 5. The highest BCUT2D eigenvalue weighted by Crippen LogP contribution is 2.23. The number of amides is 1. The van der Waals surface area contributed by atoms with Gasteiger partial charge in [0.1, 0.15) is 0 Å². The van der Waals surface area contributed by atoms with E-state index in [-0.39, 0.29) is 23.0 Å². The van der Waals surface area contributed by atoms with Gasteiger partial charge in [-0.15, -0.1) is 11.3 Å². The lowest BCUT2D eigenvalue weighted by Crippen LogP contribution is -2.48. The molecule has 6 nitrogen and oxygen atoms in total. The number of rotatable bonds is 4. The van der Waals surface area contributed by atoms with Crippen molar-refractivity contribution in [1.82, 2.24) is 4.31 Å². The highest BCUT2D eigenvalue weighted by atomic mass is 32.2. The van der Waals surface area contributed by atoms with Crippen molar-refractivity contribution >= 4 is 33.0 Å². The van der Waals surface area contributed by atoms with Crippen LogP contribution in [0.4, 0.5) is 5.69 Å². The van der Waals surface area contributed by atoms with Crippen LogP contribution in [0.1, 0.15) is 28.4 Å². The summed E-state index contributed by atoms with van der Waals surface area (Å²) in [5, 5.41) is 2.79. The fourth-order valence-electron chi connectivity index (χ4n) is 2.94. The molecule has 2 heterocycles. The number of nitrogens with one attached hydrogen (secondary N) is 1. The van der Waals surface area contributed by atoms with Crippen molar-refractivity contribution in [1.29, 1.82) is 0 Å². The second kappa shape index (κ2) is 7.48. The average Bonchev–Trinajstić information content (AvgIpc) is 3.01. The fraction of sp³-hybridized carbons (Fsp3) is 0.389. The van der Waals surface area contributed by atoms with E-state index in [4.69, 9.17) is 4.74 Å². The second-order valence-electron chi connectivity index (χ2n) is 6.47. The third-order valence-electron chi connectivity index (χ3n) is 4.10. The molecule has 0 spiro atoms. The number of carbonyl (C=O) groups is 1. The van der Waals surface area contributed by atoms with Crippen LogP contribution < -0.4 is 5.32 Å². The fourth-order valence-corrected chi connectivity index (χ4v) is 5.29. The third kappa shape index (κ3) is 4.15. The lowest BCUT2D eigenvalue weighted by molar-refractivity contribution is -0.0440. The van der Waals surface area contributed by atoms with Crippen LogP contribution in [-0.4, -0.2) is 43.9 Å². The minimum absolute atomic E-state index is 0.138. The summed E-state index contributed by atoms with van der Waals surface area (Å²) in [4.78, 5) is 14.1. The molecule has 1 saturated heterocycles. The van der Waals surface area contributed by atoms with E-state index in [1.165, 1.54) is 27.8 Å². The summed E-state index contributed by atoms with van der Waals surface area (Å²) in [6.45, 7) is 6.34. The molecule has 140 valence electrons. The zero-order valence-corrected chi connectivity index (χ0v) is 16.6. The summed E-state index contributed by atoms with van der Waals surface area (Å²) in [5.41, 5.74) is 0.559. The van der Waals surface area contributed by atoms with Gasteiger partial charge in [0.2, 0.25) is 10.0 Å². The van der Waals surface area contributed by atoms with Gasteiger partial charge in [-0.2, -0.15) is 4.31 Å². The quantitative estimate of drug-likeness (QED) is 0.865. The smallest absolute Gasteiger partial charge is 0.265 e. The highest BCUT2D eigenvalue weighted by Gasteiger charge is 2.32. The van der Waals surface area contributed by atoms with Gasteiger partial charge in [0.05, 0.1) is 22.0 Å². The molecular formula is C18H22N2O4S2. The van der Waals surface area contributed by atoms with E-state index in [2.05, 4.69) is 5.32 Å². The SMILES string of the molecule is Cc1ccc(C(=O)Nc2ccc(S(=O)(=O)N3C[C@@H](C)O[C@H](C)C3)cc2)s1. The Balaban J connectivity index is 1.73. The van der Waals surface area contributed by atoms with E-state index in [0.29, 0.717) is 23.7 Å². The van der Waals surface area contributed by atoms with Crippen LogP contribution in [0.2, 0.25) is 0 Å². The molecule has 0 bridgehead atoms. The predicted molar refractivity (Wildman–Crippen MR) is 102 cm³/mol. The van der Waals surface area contributed by atoms with Gasteiger partial charge < -0.3 is 10.1 Å². The molecule has 0 saturated carbocycles. The maximum Gasteiger partial charge on any atom is 0.265 e. The molecule has 0 aliphatic carbocycles. The molecular weight excluding hydrogens is 372 g/mol. The van der Waals surface area contributed by atoms with Gasteiger partial charge in [0.15, 0.2) is 0 Å². The highest BCUT2D eigenvalue weighted by molar-refractivity contribution is 7.89. The molecule has 0 radical (unpaired) electrons. The van der Waals surface area contributed by atoms with Crippen LogP contribution >= 0.6 is 11.3 Å². The number of nitrogens with zero attached hydrogens (tertiary/aromatic N) is 1. The van der Waals surface area contributed by atoms with Crippen molar-refractivity contribution in [2.24, 2.45) is 0 Å². The Morgan fingerprint density at radius 1 is 1.12 bits per heavy atom. The van der Waals surface area contributed by atoms with Gasteiger partial charge in [0, 0.05) is 23.7 Å². The third-order valence-corrected chi connectivity index (χ3v) is 6.95. The number of carbonyl (C=O) groups excluding carboxylic acids is 1. The zero-order chi connectivity index (χ0) is 18.9. The summed E-state index contributed by atoms with van der Waals surface area (Å²) in [5.74, 6) is -0.200. The normalized spacial score (nSPS) is 21.5. The van der Waals surface area contributed by atoms with Crippen molar-refractivity contribution < 1.29 is 17.9 Å². The van der Waals surface area contributed by atoms with Crippen LogP contribution in [0.25, 0.3) is 0 Å². The number of aryl methyl sites for hydroxylation is 1. The summed E-state index contributed by atoms with van der Waals surface area (Å²) < 4.78 is 32.7. The van der Waals surface area contributed by atoms with Crippen LogP contribution in [0.5, 0.6) is 0 Å². The number of benzene rings is 1. The molecule has 1 aliphatic rings. The largest absolute Gasteiger partial charge is 0.373 e. The first-order valence-corrected chi connectivity index (χ1v) is 10.6. The van der Waals surface area contributed by atoms with Crippen molar-refractivity contribution in [3.05, 3.63) is 46.2 Å². The maximum absolute atomic E-state index is 12.8. The van der Waals surface area contributed by atoms with Crippen molar-refractivity contribution in [2.75, 3.05) is 18.4 Å². The Bertz CT molecular complexity index is 880. The van der Waals surface area contributed by atoms with Crippen molar-refractivity contribution in [3.8, 4) is 0 Å². The molecule has 3 rings (SSSR count). The van der Waals surface area contributed by atoms with E-state index >= 15 is 0 Å². The number of morpholine rings is 1. The first-order chi connectivity index (χ1) is 12.3. The zero-order valence-electron chi connectivity index (χ0n) is 14.9. The van der Waals surface area contributed by atoms with Crippen LogP contribution in [0.15, 0.2) is 41.3 Å². The molecule has 2 atom stereocenters. The Kier molecular flexibility index (Phi) is 5.47. The Hall–Kier alpha value is -1.74. The van der Waals surface area contributed by atoms with E-state index in [0.717, 1.165) is 4.88 Å². The number of ether oxygens (including phenoxy) is 1. The van der Waals surface area contributed by atoms with Gasteiger partial charge in [0.25, 0.3) is 5.91 Å². The summed E-state index contributed by atoms with van der Waals surface area (Å²) in [6.07, 6.45) is -0.275. The topological polar surface area (TPSA) is 75.7 Å². The summed E-state index contributed by atoms with van der Waals surface area (Å²) in [7, 11) is -3.58. The molecule has 26 heavy (non-hydrogen) atoms. The van der Waals surface area contributed by atoms with E-state index in [1.807, 2.05) is 26.8 Å². The maximum atomic E-state index is 12.8. The molecule has 1 N–H and O–H groups in total. The molecule has 1 amide bonds. The minimum Gasteiger partial charge on any atom is -0.373 e. The summed E-state index contributed by atoms with van der Waals surface area (Å²) in [6, 6.07) is 9.93. The van der Waals surface area contributed by atoms with E-state index in [9.17, 15) is 13.2 Å². The lowest BCUT2D eigenvalue weighted by Gasteiger charge is -2.34. The first kappa shape index (κ1) is 19.0. The Morgan fingerprint density at radius 3 is 2.27 bits per heavy atom. The monoisotopic (exact) mass is 394 g/mol. The van der Waals surface area contributed by atoms with Crippen LogP contribution in [0, 0.1) is 6.92 Å². The van der Waals surface area contributed by atoms with Crippen molar-refractivity contribution in [2.45, 2.75) is 37.9 Å². The van der Waals surface area contributed by atoms with Gasteiger partial charge in [-0.1, -0.05) is 0 Å². The van der Waals surface area contributed by atoms with E-state index in [1.54, 1.807) is 18.2 Å². The van der Waals surface area contributed by atoms with Gasteiger partial charge in [-0.25, -0.2) is 8.42 Å². The molecule has 1 aliphatic heterocycles. The molecule has 2 aromatic rings. The van der Waals surface area contributed by atoms with Gasteiger partial charge in [-0.05, 0) is 57.2 Å². The molecule has 1 fully saturated rings. The lowest BCUT2D eigenvalue weighted by atomic mass is 10.3. The number of hydrogen-bond donors (Lipinski definition) is 1. The number of anilines is 1. The minimum atomic E-state index is -3.58. The Morgan fingerprint density at radius 2 is 1.73 bits per heavy atom.